The molecule has 0 fully saturated rings. The second kappa shape index (κ2) is 6.81. The minimum atomic E-state index is 0.146. The average Bonchev–Trinajstić information content (AvgIpc) is 2.95. The standard InChI is InChI=1S/C18H26N2O/c1-5-20(14-17-7-6-12-21-17)16-10-8-15(9-11-16)13-19-18(2,3)4/h6-12,19H,5,13-14H2,1-4H3. The Morgan fingerprint density at radius 2 is 1.81 bits per heavy atom. The Kier molecular flexibility index (Phi) is 5.07. The number of rotatable bonds is 6. The summed E-state index contributed by atoms with van der Waals surface area (Å²) in [5, 5.41) is 3.51. The first-order valence-corrected chi connectivity index (χ1v) is 7.59. The molecule has 2 rings (SSSR count). The van der Waals surface area contributed by atoms with Crippen LogP contribution in [0, 0.1) is 0 Å². The van der Waals surface area contributed by atoms with Crippen LogP contribution in [0.4, 0.5) is 5.69 Å². The Bertz CT molecular complexity index is 523. The SMILES string of the molecule is CCN(Cc1ccco1)c1ccc(CNC(C)(C)C)cc1. The first-order valence-electron chi connectivity index (χ1n) is 7.59. The van der Waals surface area contributed by atoms with Crippen LogP contribution in [0.5, 0.6) is 0 Å². The van der Waals surface area contributed by atoms with Crippen LogP contribution in [-0.2, 0) is 13.1 Å². The van der Waals surface area contributed by atoms with Gasteiger partial charge in [-0.1, -0.05) is 12.1 Å². The van der Waals surface area contributed by atoms with Crippen molar-refractivity contribution in [2.75, 3.05) is 11.4 Å². The molecule has 0 unspecified atom stereocenters. The largest absolute Gasteiger partial charge is 0.467 e. The van der Waals surface area contributed by atoms with Gasteiger partial charge < -0.3 is 14.6 Å². The van der Waals surface area contributed by atoms with Gasteiger partial charge in [0, 0.05) is 24.3 Å². The summed E-state index contributed by atoms with van der Waals surface area (Å²) in [4.78, 5) is 2.31. The normalized spacial score (nSPS) is 11.6. The summed E-state index contributed by atoms with van der Waals surface area (Å²) >= 11 is 0. The zero-order valence-electron chi connectivity index (χ0n) is 13.5. The summed E-state index contributed by atoms with van der Waals surface area (Å²) in [5.41, 5.74) is 2.68. The van der Waals surface area contributed by atoms with Gasteiger partial charge in [-0.3, -0.25) is 0 Å². The number of furan rings is 1. The van der Waals surface area contributed by atoms with Crippen molar-refractivity contribution in [1.82, 2.24) is 5.32 Å². The van der Waals surface area contributed by atoms with Crippen LogP contribution in [0.3, 0.4) is 0 Å². The molecule has 1 aromatic heterocycles. The number of anilines is 1. The lowest BCUT2D eigenvalue weighted by Gasteiger charge is -2.23. The van der Waals surface area contributed by atoms with Crippen LogP contribution in [0.1, 0.15) is 39.0 Å². The van der Waals surface area contributed by atoms with Crippen LogP contribution < -0.4 is 10.2 Å². The summed E-state index contributed by atoms with van der Waals surface area (Å²) in [6.07, 6.45) is 1.73. The summed E-state index contributed by atoms with van der Waals surface area (Å²) in [7, 11) is 0. The minimum Gasteiger partial charge on any atom is -0.467 e. The molecule has 114 valence electrons. The van der Waals surface area contributed by atoms with Crippen LogP contribution in [-0.4, -0.2) is 12.1 Å². The molecular formula is C18H26N2O. The van der Waals surface area contributed by atoms with E-state index in [-0.39, 0.29) is 5.54 Å². The number of benzene rings is 1. The summed E-state index contributed by atoms with van der Waals surface area (Å²) < 4.78 is 5.44. The second-order valence-corrected chi connectivity index (χ2v) is 6.36. The maximum Gasteiger partial charge on any atom is 0.123 e. The molecule has 3 nitrogen and oxygen atoms in total. The van der Waals surface area contributed by atoms with E-state index in [0.717, 1.165) is 25.4 Å². The molecule has 0 saturated heterocycles. The molecule has 0 spiro atoms. The van der Waals surface area contributed by atoms with E-state index in [0.29, 0.717) is 0 Å². The molecule has 0 saturated carbocycles. The summed E-state index contributed by atoms with van der Waals surface area (Å²) in [5.74, 6) is 0.996. The molecule has 0 amide bonds. The fraction of sp³-hybridized carbons (Fsp3) is 0.444. The Morgan fingerprint density at radius 1 is 1.10 bits per heavy atom. The van der Waals surface area contributed by atoms with Crippen LogP contribution >= 0.6 is 0 Å². The second-order valence-electron chi connectivity index (χ2n) is 6.36. The fourth-order valence-corrected chi connectivity index (χ4v) is 2.17. The lowest BCUT2D eigenvalue weighted by molar-refractivity contribution is 0.424. The third kappa shape index (κ3) is 4.94. The van der Waals surface area contributed by atoms with E-state index in [4.69, 9.17) is 4.42 Å². The van der Waals surface area contributed by atoms with Gasteiger partial charge in [-0.15, -0.1) is 0 Å². The van der Waals surface area contributed by atoms with Gasteiger partial charge in [0.05, 0.1) is 12.8 Å². The van der Waals surface area contributed by atoms with Crippen molar-refractivity contribution in [3.05, 3.63) is 54.0 Å². The van der Waals surface area contributed by atoms with Gasteiger partial charge in [0.2, 0.25) is 0 Å². The van der Waals surface area contributed by atoms with E-state index < -0.39 is 0 Å². The molecular weight excluding hydrogens is 260 g/mol. The summed E-state index contributed by atoms with van der Waals surface area (Å²) in [6, 6.07) is 12.7. The topological polar surface area (TPSA) is 28.4 Å². The first-order chi connectivity index (χ1) is 9.98. The monoisotopic (exact) mass is 286 g/mol. The van der Waals surface area contributed by atoms with Gasteiger partial charge in [-0.25, -0.2) is 0 Å². The number of nitrogens with zero attached hydrogens (tertiary/aromatic N) is 1. The third-order valence-electron chi connectivity index (χ3n) is 3.43. The highest BCUT2D eigenvalue weighted by Crippen LogP contribution is 2.18. The molecule has 21 heavy (non-hydrogen) atoms. The molecule has 0 aliphatic rings. The van der Waals surface area contributed by atoms with Gasteiger partial charge in [-0.05, 0) is 57.5 Å². The predicted molar refractivity (Wildman–Crippen MR) is 88.5 cm³/mol. The van der Waals surface area contributed by atoms with E-state index in [1.807, 2.05) is 12.1 Å². The van der Waals surface area contributed by atoms with Gasteiger partial charge in [0.1, 0.15) is 5.76 Å². The molecule has 0 radical (unpaired) electrons. The Hall–Kier alpha value is -1.74. The lowest BCUT2D eigenvalue weighted by atomic mass is 10.1. The Balaban J connectivity index is 1.99. The van der Waals surface area contributed by atoms with Gasteiger partial charge in [-0.2, -0.15) is 0 Å². The maximum atomic E-state index is 5.44. The zero-order valence-corrected chi connectivity index (χ0v) is 13.5. The average molecular weight is 286 g/mol. The molecule has 1 heterocycles. The van der Waals surface area contributed by atoms with Crippen molar-refractivity contribution >= 4 is 5.69 Å². The van der Waals surface area contributed by atoms with Crippen molar-refractivity contribution < 1.29 is 4.42 Å². The smallest absolute Gasteiger partial charge is 0.123 e. The quantitative estimate of drug-likeness (QED) is 0.863. The van der Waals surface area contributed by atoms with Crippen LogP contribution in [0.25, 0.3) is 0 Å². The number of hydrogen-bond acceptors (Lipinski definition) is 3. The fourth-order valence-electron chi connectivity index (χ4n) is 2.17. The first kappa shape index (κ1) is 15.6. The molecule has 0 bridgehead atoms. The van der Waals surface area contributed by atoms with Gasteiger partial charge >= 0.3 is 0 Å². The van der Waals surface area contributed by atoms with Crippen LogP contribution in [0.15, 0.2) is 47.1 Å². The maximum absolute atomic E-state index is 5.44. The molecule has 0 aliphatic carbocycles. The van der Waals surface area contributed by atoms with E-state index >= 15 is 0 Å². The number of hydrogen-bond donors (Lipinski definition) is 1. The summed E-state index contributed by atoms with van der Waals surface area (Å²) in [6.45, 7) is 11.4. The lowest BCUT2D eigenvalue weighted by Crippen LogP contribution is -2.35. The molecule has 1 aromatic carbocycles. The van der Waals surface area contributed by atoms with Gasteiger partial charge in [0.15, 0.2) is 0 Å². The van der Waals surface area contributed by atoms with E-state index in [1.165, 1.54) is 11.3 Å². The highest BCUT2D eigenvalue weighted by atomic mass is 16.3. The van der Waals surface area contributed by atoms with E-state index in [2.05, 4.69) is 62.2 Å². The third-order valence-corrected chi connectivity index (χ3v) is 3.43. The molecule has 0 aliphatic heterocycles. The zero-order chi connectivity index (χ0) is 15.3. The van der Waals surface area contributed by atoms with Gasteiger partial charge in [0.25, 0.3) is 0 Å². The van der Waals surface area contributed by atoms with E-state index in [1.54, 1.807) is 6.26 Å². The highest BCUT2D eigenvalue weighted by molar-refractivity contribution is 5.47. The van der Waals surface area contributed by atoms with Crippen LogP contribution in [0.2, 0.25) is 0 Å². The molecule has 3 heteroatoms. The minimum absolute atomic E-state index is 0.146. The molecule has 2 aromatic rings. The predicted octanol–water partition coefficient (Wildman–Crippen LogP) is 4.19. The Morgan fingerprint density at radius 3 is 2.33 bits per heavy atom. The van der Waals surface area contributed by atoms with E-state index in [9.17, 15) is 0 Å². The van der Waals surface area contributed by atoms with Crippen molar-refractivity contribution in [3.8, 4) is 0 Å². The molecule has 1 N–H and O–H groups in total. The van der Waals surface area contributed by atoms with Crippen molar-refractivity contribution in [2.45, 2.75) is 46.3 Å². The number of nitrogens with one attached hydrogen (secondary N) is 1. The Labute approximate surface area is 128 Å². The van der Waals surface area contributed by atoms with Crippen molar-refractivity contribution in [1.29, 1.82) is 0 Å². The highest BCUT2D eigenvalue weighted by Gasteiger charge is 2.09. The van der Waals surface area contributed by atoms with Crippen molar-refractivity contribution in [3.63, 3.8) is 0 Å². The molecule has 0 atom stereocenters. The van der Waals surface area contributed by atoms with Crippen molar-refractivity contribution in [2.24, 2.45) is 0 Å².